The fourth-order valence-corrected chi connectivity index (χ4v) is 2.21. The second-order valence-electron chi connectivity index (χ2n) is 6.41. The second-order valence-corrected chi connectivity index (χ2v) is 6.41. The quantitative estimate of drug-likeness (QED) is 0.780. The number of carbonyl (C=O) groups is 1. The number of rotatable bonds is 5. The molecule has 0 fully saturated rings. The fraction of sp³-hybridized carbons (Fsp3) is 0.929. The van der Waals surface area contributed by atoms with Crippen LogP contribution in [0, 0.1) is 11.8 Å². The van der Waals surface area contributed by atoms with E-state index in [-0.39, 0.29) is 11.5 Å². The molecule has 0 rings (SSSR count). The van der Waals surface area contributed by atoms with Crippen LogP contribution in [0.4, 0.5) is 0 Å². The third kappa shape index (κ3) is 3.89. The first kappa shape index (κ1) is 15.6. The normalized spacial score (nSPS) is 18.3. The van der Waals surface area contributed by atoms with Crippen LogP contribution >= 0.6 is 0 Å². The van der Waals surface area contributed by atoms with Gasteiger partial charge in [-0.25, -0.2) is 0 Å². The average molecular weight is 227 g/mol. The van der Waals surface area contributed by atoms with Gasteiger partial charge < -0.3 is 5.32 Å². The van der Waals surface area contributed by atoms with Gasteiger partial charge in [0.15, 0.2) is 5.78 Å². The highest BCUT2D eigenvalue weighted by atomic mass is 16.1. The van der Waals surface area contributed by atoms with E-state index in [4.69, 9.17) is 0 Å². The van der Waals surface area contributed by atoms with Crippen molar-refractivity contribution in [2.24, 2.45) is 11.8 Å². The summed E-state index contributed by atoms with van der Waals surface area (Å²) in [5.74, 6) is 0.743. The Morgan fingerprint density at radius 1 is 1.12 bits per heavy atom. The Labute approximate surface area is 101 Å². The molecule has 0 bridgehead atoms. The van der Waals surface area contributed by atoms with Crippen LogP contribution in [0.1, 0.15) is 61.8 Å². The summed E-state index contributed by atoms with van der Waals surface area (Å²) in [6.45, 7) is 16.6. The zero-order valence-electron chi connectivity index (χ0n) is 12.3. The highest BCUT2D eigenvalue weighted by molar-refractivity contribution is 5.90. The van der Waals surface area contributed by atoms with Crippen molar-refractivity contribution in [1.29, 1.82) is 0 Å². The van der Waals surface area contributed by atoms with Crippen molar-refractivity contribution in [3.8, 4) is 0 Å². The molecule has 0 aliphatic heterocycles. The molecule has 0 aliphatic rings. The fourth-order valence-electron chi connectivity index (χ4n) is 2.21. The Hall–Kier alpha value is -0.370. The number of Topliss-reactive ketones (excluding diaryl/α,β-unsaturated/α-hetero) is 1. The molecule has 0 spiro atoms. The first-order valence-electron chi connectivity index (χ1n) is 6.38. The molecular formula is C14H29NO. The van der Waals surface area contributed by atoms with Crippen molar-refractivity contribution in [2.45, 2.75) is 72.9 Å². The summed E-state index contributed by atoms with van der Waals surface area (Å²) < 4.78 is 0. The number of nitrogens with one attached hydrogen (secondary N) is 1. The van der Waals surface area contributed by atoms with Gasteiger partial charge in [-0.15, -0.1) is 0 Å². The Bertz CT molecular complexity index is 240. The highest BCUT2D eigenvalue weighted by Gasteiger charge is 2.40. The summed E-state index contributed by atoms with van der Waals surface area (Å²) in [6, 6.07) is 0. The Balaban J connectivity index is 5.12. The van der Waals surface area contributed by atoms with E-state index >= 15 is 0 Å². The van der Waals surface area contributed by atoms with Crippen molar-refractivity contribution in [1.82, 2.24) is 5.32 Å². The molecule has 0 heterocycles. The molecule has 2 atom stereocenters. The number of hydrogen-bond donors (Lipinski definition) is 1. The average Bonchev–Trinajstić information content (AvgIpc) is 2.12. The minimum atomic E-state index is -0.416. The van der Waals surface area contributed by atoms with Crippen molar-refractivity contribution < 1.29 is 4.79 Å². The Kier molecular flexibility index (Phi) is 5.18. The van der Waals surface area contributed by atoms with Crippen LogP contribution in [0.25, 0.3) is 0 Å². The van der Waals surface area contributed by atoms with E-state index in [9.17, 15) is 4.79 Å². The number of hydrogen-bond acceptors (Lipinski definition) is 2. The smallest absolute Gasteiger partial charge is 0.155 e. The Morgan fingerprint density at radius 2 is 1.56 bits per heavy atom. The summed E-state index contributed by atoms with van der Waals surface area (Å²) in [7, 11) is 0. The molecule has 0 aromatic carbocycles. The monoisotopic (exact) mass is 227 g/mol. The van der Waals surface area contributed by atoms with Gasteiger partial charge in [0.25, 0.3) is 0 Å². The first-order valence-corrected chi connectivity index (χ1v) is 6.38. The molecular weight excluding hydrogens is 198 g/mol. The van der Waals surface area contributed by atoms with Gasteiger partial charge in [0, 0.05) is 11.5 Å². The van der Waals surface area contributed by atoms with Crippen LogP contribution in [0.3, 0.4) is 0 Å². The van der Waals surface area contributed by atoms with Crippen LogP contribution in [-0.4, -0.2) is 16.9 Å². The highest BCUT2D eigenvalue weighted by Crippen LogP contribution is 2.27. The van der Waals surface area contributed by atoms with Gasteiger partial charge in [-0.1, -0.05) is 34.1 Å². The van der Waals surface area contributed by atoms with Gasteiger partial charge >= 0.3 is 0 Å². The predicted octanol–water partition coefficient (Wildman–Crippen LogP) is 3.40. The van der Waals surface area contributed by atoms with E-state index in [1.54, 1.807) is 0 Å². The van der Waals surface area contributed by atoms with Crippen molar-refractivity contribution in [2.75, 3.05) is 0 Å². The lowest BCUT2D eigenvalue weighted by atomic mass is 9.76. The van der Waals surface area contributed by atoms with Crippen LogP contribution in [0.5, 0.6) is 0 Å². The van der Waals surface area contributed by atoms with E-state index in [0.29, 0.717) is 11.7 Å². The maximum absolute atomic E-state index is 12.4. The number of carbonyl (C=O) groups excluding carboxylic acids is 1. The molecule has 0 saturated carbocycles. The van der Waals surface area contributed by atoms with Gasteiger partial charge in [0.05, 0.1) is 5.54 Å². The van der Waals surface area contributed by atoms with Crippen LogP contribution in [0.15, 0.2) is 0 Å². The predicted molar refractivity (Wildman–Crippen MR) is 70.6 cm³/mol. The van der Waals surface area contributed by atoms with Crippen molar-refractivity contribution in [3.05, 3.63) is 0 Å². The standard InChI is InChI=1S/C14H29NO/c1-9-11(4)14(8,12(16)10(2)3)15-13(5,6)7/h10-11,15H,9H2,1-8H3/t11-,14-/m0/s1. The lowest BCUT2D eigenvalue weighted by Crippen LogP contribution is -2.61. The van der Waals surface area contributed by atoms with Gasteiger partial charge in [0.1, 0.15) is 0 Å². The minimum absolute atomic E-state index is 0.0390. The maximum atomic E-state index is 12.4. The van der Waals surface area contributed by atoms with E-state index in [0.717, 1.165) is 6.42 Å². The van der Waals surface area contributed by atoms with E-state index in [1.807, 2.05) is 13.8 Å². The van der Waals surface area contributed by atoms with E-state index < -0.39 is 5.54 Å². The molecule has 0 unspecified atom stereocenters. The Morgan fingerprint density at radius 3 is 1.81 bits per heavy atom. The molecule has 16 heavy (non-hydrogen) atoms. The SMILES string of the molecule is CC[C@H](C)[C@](C)(NC(C)(C)C)C(=O)C(C)C. The summed E-state index contributed by atoms with van der Waals surface area (Å²) in [4.78, 5) is 12.4. The topological polar surface area (TPSA) is 29.1 Å². The molecule has 96 valence electrons. The molecule has 0 radical (unpaired) electrons. The van der Waals surface area contributed by atoms with Crippen molar-refractivity contribution in [3.63, 3.8) is 0 Å². The van der Waals surface area contributed by atoms with Crippen LogP contribution < -0.4 is 5.32 Å². The van der Waals surface area contributed by atoms with Crippen molar-refractivity contribution >= 4 is 5.78 Å². The molecule has 0 aromatic rings. The second kappa shape index (κ2) is 5.31. The van der Waals surface area contributed by atoms with E-state index in [2.05, 4.69) is 46.9 Å². The zero-order valence-corrected chi connectivity index (χ0v) is 12.3. The van der Waals surface area contributed by atoms with Crippen LogP contribution in [0.2, 0.25) is 0 Å². The van der Waals surface area contributed by atoms with Crippen LogP contribution in [-0.2, 0) is 4.79 Å². The maximum Gasteiger partial charge on any atom is 0.155 e. The van der Waals surface area contributed by atoms with E-state index in [1.165, 1.54) is 0 Å². The lowest BCUT2D eigenvalue weighted by Gasteiger charge is -2.41. The third-order valence-corrected chi connectivity index (χ3v) is 3.27. The molecule has 0 amide bonds. The molecule has 1 N–H and O–H groups in total. The van der Waals surface area contributed by atoms with Gasteiger partial charge in [0.2, 0.25) is 0 Å². The molecule has 0 aromatic heterocycles. The molecule has 2 heteroatoms. The molecule has 0 saturated heterocycles. The number of ketones is 1. The lowest BCUT2D eigenvalue weighted by molar-refractivity contribution is -0.130. The molecule has 0 aliphatic carbocycles. The zero-order chi connectivity index (χ0) is 13.1. The third-order valence-electron chi connectivity index (χ3n) is 3.27. The summed E-state index contributed by atoms with van der Waals surface area (Å²) in [6.07, 6.45) is 1.01. The molecule has 2 nitrogen and oxygen atoms in total. The van der Waals surface area contributed by atoms with Gasteiger partial charge in [-0.05, 0) is 33.6 Å². The summed E-state index contributed by atoms with van der Waals surface area (Å²) in [5, 5.41) is 3.51. The first-order chi connectivity index (χ1) is 7.04. The minimum Gasteiger partial charge on any atom is -0.300 e. The summed E-state index contributed by atoms with van der Waals surface area (Å²) in [5.41, 5.74) is -0.454. The summed E-state index contributed by atoms with van der Waals surface area (Å²) >= 11 is 0. The van der Waals surface area contributed by atoms with Gasteiger partial charge in [-0.2, -0.15) is 0 Å². The largest absolute Gasteiger partial charge is 0.300 e. The van der Waals surface area contributed by atoms with Gasteiger partial charge in [-0.3, -0.25) is 4.79 Å².